The van der Waals surface area contributed by atoms with Gasteiger partial charge in [0.2, 0.25) is 0 Å². The van der Waals surface area contributed by atoms with Gasteiger partial charge in [0.05, 0.1) is 13.2 Å². The number of imide groups is 1. The van der Waals surface area contributed by atoms with E-state index in [1.54, 1.807) is 0 Å². The first-order chi connectivity index (χ1) is 7.19. The summed E-state index contributed by atoms with van der Waals surface area (Å²) in [7, 11) is 0. The van der Waals surface area contributed by atoms with Crippen molar-refractivity contribution in [1.82, 2.24) is 10.2 Å². The summed E-state index contributed by atoms with van der Waals surface area (Å²) in [5.41, 5.74) is -0.773. The summed E-state index contributed by atoms with van der Waals surface area (Å²) in [6.07, 6.45) is 1.03. The predicted molar refractivity (Wildman–Crippen MR) is 50.1 cm³/mol. The Kier molecular flexibility index (Phi) is 2.62. The highest BCUT2D eigenvalue weighted by atomic mass is 16.5. The number of urea groups is 1. The van der Waals surface area contributed by atoms with Crippen molar-refractivity contribution < 1.29 is 19.4 Å². The van der Waals surface area contributed by atoms with Gasteiger partial charge in [-0.2, -0.15) is 0 Å². The molecule has 2 saturated heterocycles. The van der Waals surface area contributed by atoms with Crippen LogP contribution in [-0.4, -0.2) is 53.8 Å². The molecule has 0 bridgehead atoms. The van der Waals surface area contributed by atoms with Gasteiger partial charge in [-0.3, -0.25) is 9.69 Å². The Hall–Kier alpha value is -1.14. The van der Waals surface area contributed by atoms with Gasteiger partial charge in [-0.1, -0.05) is 0 Å². The molecule has 0 aliphatic carbocycles. The van der Waals surface area contributed by atoms with Crippen LogP contribution in [-0.2, 0) is 9.53 Å². The van der Waals surface area contributed by atoms with E-state index in [2.05, 4.69) is 5.32 Å². The third kappa shape index (κ3) is 1.59. The maximum absolute atomic E-state index is 12.0. The number of aliphatic hydroxyl groups excluding tert-OH is 1. The van der Waals surface area contributed by atoms with Gasteiger partial charge in [0, 0.05) is 26.1 Å². The zero-order valence-electron chi connectivity index (χ0n) is 8.36. The van der Waals surface area contributed by atoms with Gasteiger partial charge in [-0.15, -0.1) is 0 Å². The normalized spacial score (nSPS) is 24.7. The smallest absolute Gasteiger partial charge is 0.325 e. The maximum atomic E-state index is 12.0. The van der Waals surface area contributed by atoms with Crippen molar-refractivity contribution in [3.05, 3.63) is 0 Å². The van der Waals surface area contributed by atoms with Crippen LogP contribution in [0.2, 0.25) is 0 Å². The fourth-order valence-corrected chi connectivity index (χ4v) is 2.04. The minimum atomic E-state index is -0.773. The molecule has 0 aromatic carbocycles. The largest absolute Gasteiger partial charge is 0.395 e. The standard InChI is InChI=1S/C9H14N2O4/c12-4-3-11-7(13)9(10-8(11)14)1-5-15-6-2-9/h12H,1-6H2,(H,10,14). The molecule has 0 aromatic heterocycles. The molecule has 6 heteroatoms. The fraction of sp³-hybridized carbons (Fsp3) is 0.778. The fourth-order valence-electron chi connectivity index (χ4n) is 2.04. The Morgan fingerprint density at radius 2 is 2.07 bits per heavy atom. The van der Waals surface area contributed by atoms with Crippen molar-refractivity contribution in [1.29, 1.82) is 0 Å². The first-order valence-electron chi connectivity index (χ1n) is 5.02. The van der Waals surface area contributed by atoms with E-state index in [9.17, 15) is 9.59 Å². The van der Waals surface area contributed by atoms with E-state index in [4.69, 9.17) is 9.84 Å². The highest BCUT2D eigenvalue weighted by molar-refractivity contribution is 6.07. The number of rotatable bonds is 2. The summed E-state index contributed by atoms with van der Waals surface area (Å²) in [5.74, 6) is -0.232. The molecule has 2 heterocycles. The maximum Gasteiger partial charge on any atom is 0.325 e. The van der Waals surface area contributed by atoms with E-state index in [0.717, 1.165) is 4.90 Å². The first kappa shape index (κ1) is 10.4. The quantitative estimate of drug-likeness (QED) is 0.583. The third-order valence-corrected chi connectivity index (χ3v) is 2.92. The number of carbonyl (C=O) groups is 2. The predicted octanol–water partition coefficient (Wildman–Crippen LogP) is -0.920. The zero-order valence-corrected chi connectivity index (χ0v) is 8.36. The highest BCUT2D eigenvalue weighted by Crippen LogP contribution is 2.27. The summed E-state index contributed by atoms with van der Waals surface area (Å²) >= 11 is 0. The highest BCUT2D eigenvalue weighted by Gasteiger charge is 2.51. The van der Waals surface area contributed by atoms with Gasteiger partial charge in [0.15, 0.2) is 0 Å². The van der Waals surface area contributed by atoms with Gasteiger partial charge >= 0.3 is 6.03 Å². The second kappa shape index (κ2) is 3.79. The SMILES string of the molecule is O=C1NC2(CCOCC2)C(=O)N1CCO. The van der Waals surface area contributed by atoms with E-state index < -0.39 is 11.6 Å². The van der Waals surface area contributed by atoms with E-state index in [0.29, 0.717) is 26.1 Å². The monoisotopic (exact) mass is 214 g/mol. The summed E-state index contributed by atoms with van der Waals surface area (Å²) < 4.78 is 5.16. The second-order valence-electron chi connectivity index (χ2n) is 3.81. The molecule has 0 atom stereocenters. The number of β-amino-alcohol motifs (C(OH)–C–C–N with tert-alkyl or cyclic N) is 1. The molecule has 1 spiro atoms. The van der Waals surface area contributed by atoms with Crippen LogP contribution >= 0.6 is 0 Å². The summed E-state index contributed by atoms with van der Waals surface area (Å²) in [4.78, 5) is 24.5. The molecular weight excluding hydrogens is 200 g/mol. The lowest BCUT2D eigenvalue weighted by atomic mass is 9.90. The van der Waals surface area contributed by atoms with Crippen molar-refractivity contribution >= 4 is 11.9 Å². The molecule has 2 aliphatic rings. The van der Waals surface area contributed by atoms with Crippen LogP contribution < -0.4 is 5.32 Å². The molecule has 6 nitrogen and oxygen atoms in total. The Labute approximate surface area is 87.2 Å². The van der Waals surface area contributed by atoms with Crippen LogP contribution in [0.4, 0.5) is 4.79 Å². The average molecular weight is 214 g/mol. The average Bonchev–Trinajstić information content (AvgIpc) is 2.45. The van der Waals surface area contributed by atoms with Crippen LogP contribution in [0.1, 0.15) is 12.8 Å². The molecule has 2 rings (SSSR count). The second-order valence-corrected chi connectivity index (χ2v) is 3.81. The van der Waals surface area contributed by atoms with Crippen molar-refractivity contribution in [2.24, 2.45) is 0 Å². The number of nitrogens with one attached hydrogen (secondary N) is 1. The molecule has 0 saturated carbocycles. The van der Waals surface area contributed by atoms with Gasteiger partial charge in [-0.05, 0) is 0 Å². The van der Waals surface area contributed by atoms with E-state index >= 15 is 0 Å². The van der Waals surface area contributed by atoms with E-state index in [1.165, 1.54) is 0 Å². The van der Waals surface area contributed by atoms with Crippen LogP contribution in [0.15, 0.2) is 0 Å². The number of hydrogen-bond acceptors (Lipinski definition) is 4. The molecular formula is C9H14N2O4. The molecule has 84 valence electrons. The van der Waals surface area contributed by atoms with Crippen molar-refractivity contribution in [3.63, 3.8) is 0 Å². The van der Waals surface area contributed by atoms with Crippen molar-refractivity contribution in [3.8, 4) is 0 Å². The van der Waals surface area contributed by atoms with Crippen LogP contribution in [0.3, 0.4) is 0 Å². The Morgan fingerprint density at radius 3 is 2.67 bits per heavy atom. The van der Waals surface area contributed by atoms with Crippen LogP contribution in [0.5, 0.6) is 0 Å². The molecule has 0 radical (unpaired) electrons. The van der Waals surface area contributed by atoms with Gasteiger partial charge in [-0.25, -0.2) is 4.79 Å². The summed E-state index contributed by atoms with van der Waals surface area (Å²) in [6.45, 7) is 0.830. The molecule has 2 fully saturated rings. The van der Waals surface area contributed by atoms with Gasteiger partial charge < -0.3 is 15.2 Å². The number of hydrogen-bond donors (Lipinski definition) is 2. The first-order valence-corrected chi connectivity index (χ1v) is 5.02. The molecule has 2 N–H and O–H groups in total. The van der Waals surface area contributed by atoms with Crippen LogP contribution in [0.25, 0.3) is 0 Å². The molecule has 0 unspecified atom stereocenters. The summed E-state index contributed by atoms with van der Waals surface area (Å²) in [6, 6.07) is -0.407. The van der Waals surface area contributed by atoms with Gasteiger partial charge in [0.25, 0.3) is 5.91 Å². The number of aliphatic hydroxyl groups is 1. The third-order valence-electron chi connectivity index (χ3n) is 2.92. The Morgan fingerprint density at radius 1 is 1.40 bits per heavy atom. The number of carbonyl (C=O) groups excluding carboxylic acids is 2. The van der Waals surface area contributed by atoms with Crippen molar-refractivity contribution in [2.75, 3.05) is 26.4 Å². The minimum absolute atomic E-state index is 0.0628. The molecule has 3 amide bonds. The number of nitrogens with zero attached hydrogens (tertiary/aromatic N) is 1. The number of amides is 3. The Bertz CT molecular complexity index is 286. The Balaban J connectivity index is 2.15. The molecule has 2 aliphatic heterocycles. The lowest BCUT2D eigenvalue weighted by molar-refractivity contribution is -0.134. The van der Waals surface area contributed by atoms with Crippen molar-refractivity contribution in [2.45, 2.75) is 18.4 Å². The molecule has 15 heavy (non-hydrogen) atoms. The van der Waals surface area contributed by atoms with E-state index in [1.807, 2.05) is 0 Å². The lowest BCUT2D eigenvalue weighted by Crippen LogP contribution is -2.51. The van der Waals surface area contributed by atoms with Gasteiger partial charge in [0.1, 0.15) is 5.54 Å². The lowest BCUT2D eigenvalue weighted by Gasteiger charge is -2.30. The number of ether oxygens (including phenoxy) is 1. The van der Waals surface area contributed by atoms with E-state index in [-0.39, 0.29) is 19.1 Å². The zero-order chi connectivity index (χ0) is 10.9. The van der Waals surface area contributed by atoms with Crippen LogP contribution in [0, 0.1) is 0 Å². The molecule has 0 aromatic rings. The minimum Gasteiger partial charge on any atom is -0.395 e. The summed E-state index contributed by atoms with van der Waals surface area (Å²) in [5, 5.41) is 11.5. The topological polar surface area (TPSA) is 78.9 Å².